The monoisotopic (exact) mass is 427 g/mol. The number of carbonyl (C=O) groups is 1. The molecule has 2 aromatic carbocycles. The van der Waals surface area contributed by atoms with E-state index in [1.54, 1.807) is 13.2 Å². The van der Waals surface area contributed by atoms with Crippen molar-refractivity contribution >= 4 is 5.91 Å². The lowest BCUT2D eigenvalue weighted by atomic mass is 9.73. The average molecular weight is 428 g/mol. The Morgan fingerprint density at radius 2 is 1.88 bits per heavy atom. The Balaban J connectivity index is 1.59. The SMILES string of the molecule is CNC(=O)[C@@]1(Cc2ccccc2-c2cccnc2)CCCN(C[C@H](C)c2ccccc2)C1. The van der Waals surface area contributed by atoms with Gasteiger partial charge in [-0.25, -0.2) is 0 Å². The summed E-state index contributed by atoms with van der Waals surface area (Å²) in [4.78, 5) is 20.1. The van der Waals surface area contributed by atoms with E-state index in [0.717, 1.165) is 44.5 Å². The molecule has 0 radical (unpaired) electrons. The van der Waals surface area contributed by atoms with Gasteiger partial charge < -0.3 is 10.2 Å². The predicted molar refractivity (Wildman–Crippen MR) is 130 cm³/mol. The predicted octanol–water partition coefficient (Wildman–Crippen LogP) is 4.92. The summed E-state index contributed by atoms with van der Waals surface area (Å²) in [7, 11) is 1.77. The van der Waals surface area contributed by atoms with Gasteiger partial charge in [0.25, 0.3) is 0 Å². The molecule has 0 unspecified atom stereocenters. The van der Waals surface area contributed by atoms with Crippen LogP contribution in [0.5, 0.6) is 0 Å². The van der Waals surface area contributed by atoms with Crippen LogP contribution in [0.1, 0.15) is 36.8 Å². The van der Waals surface area contributed by atoms with E-state index in [9.17, 15) is 4.79 Å². The molecule has 2 atom stereocenters. The van der Waals surface area contributed by atoms with E-state index < -0.39 is 5.41 Å². The molecule has 4 heteroatoms. The summed E-state index contributed by atoms with van der Waals surface area (Å²) in [5.74, 6) is 0.579. The van der Waals surface area contributed by atoms with Gasteiger partial charge in [-0.1, -0.05) is 67.6 Å². The van der Waals surface area contributed by atoms with Crippen molar-refractivity contribution in [2.45, 2.75) is 32.1 Å². The van der Waals surface area contributed by atoms with Crippen LogP contribution in [-0.2, 0) is 11.2 Å². The second-order valence-electron chi connectivity index (χ2n) is 9.09. The summed E-state index contributed by atoms with van der Waals surface area (Å²) in [5, 5.41) is 2.98. The summed E-state index contributed by atoms with van der Waals surface area (Å²) in [6.45, 7) is 5.07. The lowest BCUT2D eigenvalue weighted by molar-refractivity contribution is -0.134. The number of likely N-dealkylation sites (tertiary alicyclic amines) is 1. The number of benzene rings is 2. The molecule has 1 saturated heterocycles. The molecule has 32 heavy (non-hydrogen) atoms. The number of aromatic nitrogens is 1. The fourth-order valence-corrected chi connectivity index (χ4v) is 5.18. The number of hydrogen-bond acceptors (Lipinski definition) is 3. The fourth-order valence-electron chi connectivity index (χ4n) is 5.18. The molecule has 1 aliphatic heterocycles. The Kier molecular flexibility index (Phi) is 7.01. The number of piperidine rings is 1. The van der Waals surface area contributed by atoms with Crippen LogP contribution in [0.15, 0.2) is 79.1 Å². The number of nitrogens with zero attached hydrogens (tertiary/aromatic N) is 2. The van der Waals surface area contributed by atoms with E-state index in [0.29, 0.717) is 5.92 Å². The van der Waals surface area contributed by atoms with E-state index in [-0.39, 0.29) is 5.91 Å². The van der Waals surface area contributed by atoms with Gasteiger partial charge in [0, 0.05) is 38.1 Å². The number of rotatable bonds is 7. The topological polar surface area (TPSA) is 45.2 Å². The van der Waals surface area contributed by atoms with E-state index in [4.69, 9.17) is 0 Å². The first kappa shape index (κ1) is 22.2. The lowest BCUT2D eigenvalue weighted by Gasteiger charge is -2.42. The molecule has 1 fully saturated rings. The van der Waals surface area contributed by atoms with Crippen molar-refractivity contribution in [2.24, 2.45) is 5.41 Å². The molecular formula is C28H33N3O. The molecule has 1 amide bonds. The largest absolute Gasteiger partial charge is 0.359 e. The van der Waals surface area contributed by atoms with E-state index in [2.05, 4.69) is 82.8 Å². The zero-order chi connectivity index (χ0) is 22.4. The number of nitrogens with one attached hydrogen (secondary N) is 1. The molecule has 4 rings (SSSR count). The molecule has 3 aromatic rings. The van der Waals surface area contributed by atoms with Gasteiger partial charge in [0.2, 0.25) is 5.91 Å². The minimum Gasteiger partial charge on any atom is -0.359 e. The standard InChI is InChI=1S/C28H33N3O/c1-22(23-10-4-3-5-11-23)20-31-17-9-15-28(21-31,27(32)29-2)18-24-12-6-7-14-26(24)25-13-8-16-30-19-25/h3-8,10-14,16,19,22H,9,15,17-18,20-21H2,1-2H3,(H,29,32)/t22-,28+/m0/s1. The molecule has 1 aliphatic rings. The number of amides is 1. The fraction of sp³-hybridized carbons (Fsp3) is 0.357. The van der Waals surface area contributed by atoms with Crippen LogP contribution in [-0.4, -0.2) is 42.5 Å². The number of pyridine rings is 1. The Hall–Kier alpha value is -2.98. The first-order valence-corrected chi connectivity index (χ1v) is 11.6. The minimum absolute atomic E-state index is 0.149. The van der Waals surface area contributed by atoms with Gasteiger partial charge in [0.1, 0.15) is 0 Å². The maximum Gasteiger partial charge on any atom is 0.227 e. The summed E-state index contributed by atoms with van der Waals surface area (Å²) < 4.78 is 0. The normalized spacial score (nSPS) is 19.9. The molecule has 2 heterocycles. The third kappa shape index (κ3) is 4.91. The molecule has 166 valence electrons. The molecule has 0 aliphatic carbocycles. The van der Waals surface area contributed by atoms with Crippen molar-refractivity contribution in [3.05, 3.63) is 90.3 Å². The third-order valence-electron chi connectivity index (χ3n) is 6.78. The number of carbonyl (C=O) groups excluding carboxylic acids is 1. The lowest BCUT2D eigenvalue weighted by Crippen LogP contribution is -2.53. The van der Waals surface area contributed by atoms with Crippen LogP contribution < -0.4 is 5.32 Å². The van der Waals surface area contributed by atoms with Crippen molar-refractivity contribution in [2.75, 3.05) is 26.7 Å². The summed E-state index contributed by atoms with van der Waals surface area (Å²) in [6, 6.07) is 23.2. The molecule has 0 saturated carbocycles. The van der Waals surface area contributed by atoms with Crippen LogP contribution in [0.3, 0.4) is 0 Å². The minimum atomic E-state index is -0.429. The molecule has 1 aromatic heterocycles. The summed E-state index contributed by atoms with van der Waals surface area (Å²) in [6.07, 6.45) is 6.37. The van der Waals surface area contributed by atoms with Gasteiger partial charge >= 0.3 is 0 Å². The maximum absolute atomic E-state index is 13.3. The molecule has 1 N–H and O–H groups in total. The number of hydrogen-bond donors (Lipinski definition) is 1. The Labute approximate surface area is 191 Å². The molecule has 4 nitrogen and oxygen atoms in total. The average Bonchev–Trinajstić information content (AvgIpc) is 2.85. The first-order valence-electron chi connectivity index (χ1n) is 11.6. The quantitative estimate of drug-likeness (QED) is 0.582. The van der Waals surface area contributed by atoms with E-state index in [1.807, 2.05) is 12.3 Å². The summed E-state index contributed by atoms with van der Waals surface area (Å²) in [5.41, 5.74) is 4.40. The third-order valence-corrected chi connectivity index (χ3v) is 6.78. The highest BCUT2D eigenvalue weighted by Gasteiger charge is 2.42. The van der Waals surface area contributed by atoms with E-state index >= 15 is 0 Å². The smallest absolute Gasteiger partial charge is 0.227 e. The van der Waals surface area contributed by atoms with Gasteiger partial charge in [-0.15, -0.1) is 0 Å². The highest BCUT2D eigenvalue weighted by Crippen LogP contribution is 2.37. The second kappa shape index (κ2) is 10.1. The van der Waals surface area contributed by atoms with Gasteiger partial charge in [0.15, 0.2) is 0 Å². The Morgan fingerprint density at radius 3 is 2.62 bits per heavy atom. The van der Waals surface area contributed by atoms with Gasteiger partial charge in [-0.2, -0.15) is 0 Å². The molecule has 0 bridgehead atoms. The second-order valence-corrected chi connectivity index (χ2v) is 9.09. The Bertz CT molecular complexity index is 1020. The molecule has 0 spiro atoms. The van der Waals surface area contributed by atoms with Gasteiger partial charge in [-0.05, 0) is 54.5 Å². The highest BCUT2D eigenvalue weighted by atomic mass is 16.2. The first-order chi connectivity index (χ1) is 15.6. The zero-order valence-corrected chi connectivity index (χ0v) is 19.1. The van der Waals surface area contributed by atoms with Crippen molar-refractivity contribution in [3.63, 3.8) is 0 Å². The van der Waals surface area contributed by atoms with Crippen molar-refractivity contribution in [3.8, 4) is 11.1 Å². The van der Waals surface area contributed by atoms with Crippen LogP contribution >= 0.6 is 0 Å². The maximum atomic E-state index is 13.3. The Morgan fingerprint density at radius 1 is 1.09 bits per heavy atom. The van der Waals surface area contributed by atoms with Gasteiger partial charge in [0.05, 0.1) is 5.41 Å². The van der Waals surface area contributed by atoms with Crippen LogP contribution in [0, 0.1) is 5.41 Å². The van der Waals surface area contributed by atoms with Crippen molar-refractivity contribution in [1.29, 1.82) is 0 Å². The van der Waals surface area contributed by atoms with Crippen LogP contribution in [0.2, 0.25) is 0 Å². The van der Waals surface area contributed by atoms with Gasteiger partial charge in [-0.3, -0.25) is 9.78 Å². The van der Waals surface area contributed by atoms with Crippen LogP contribution in [0.25, 0.3) is 11.1 Å². The van der Waals surface area contributed by atoms with Crippen molar-refractivity contribution < 1.29 is 4.79 Å². The summed E-state index contributed by atoms with van der Waals surface area (Å²) >= 11 is 0. The van der Waals surface area contributed by atoms with E-state index in [1.165, 1.54) is 16.7 Å². The molecular weight excluding hydrogens is 394 g/mol. The zero-order valence-electron chi connectivity index (χ0n) is 19.1. The van der Waals surface area contributed by atoms with Crippen molar-refractivity contribution in [1.82, 2.24) is 15.2 Å². The van der Waals surface area contributed by atoms with Crippen LogP contribution in [0.4, 0.5) is 0 Å². The highest BCUT2D eigenvalue weighted by molar-refractivity contribution is 5.83.